The van der Waals surface area contributed by atoms with Gasteiger partial charge in [-0.3, -0.25) is 0 Å². The number of unbranched alkanes of at least 4 members (excludes halogenated alkanes) is 4. The van der Waals surface area contributed by atoms with Crippen LogP contribution in [-0.2, 0) is 6.54 Å². The maximum absolute atomic E-state index is 5.63. The van der Waals surface area contributed by atoms with Gasteiger partial charge in [-0.1, -0.05) is 45.3 Å². The zero-order chi connectivity index (χ0) is 16.2. The van der Waals surface area contributed by atoms with Crippen LogP contribution in [0.4, 0.5) is 0 Å². The third kappa shape index (κ3) is 8.63. The first-order valence-electron chi connectivity index (χ1n) is 8.03. The van der Waals surface area contributed by atoms with E-state index in [1.807, 2.05) is 6.07 Å². The van der Waals surface area contributed by atoms with Gasteiger partial charge in [-0.2, -0.15) is 0 Å². The van der Waals surface area contributed by atoms with Gasteiger partial charge in [-0.25, -0.2) is 0 Å². The van der Waals surface area contributed by atoms with Crippen LogP contribution in [0.1, 0.15) is 44.6 Å². The summed E-state index contributed by atoms with van der Waals surface area (Å²) in [6.07, 6.45) is 8.24. The Morgan fingerprint density at radius 3 is 2.61 bits per heavy atom. The lowest BCUT2D eigenvalue weighted by Gasteiger charge is -2.14. The molecule has 1 N–H and O–H groups in total. The summed E-state index contributed by atoms with van der Waals surface area (Å²) in [5.74, 6) is 1.47. The van der Waals surface area contributed by atoms with E-state index in [0.717, 1.165) is 29.1 Å². The van der Waals surface area contributed by atoms with Crippen molar-refractivity contribution in [3.8, 4) is 11.5 Å². The van der Waals surface area contributed by atoms with Crippen LogP contribution in [0.2, 0.25) is 0 Å². The Bertz CT molecular complexity index is 455. The standard InChI is InChI=1S/C18H28BrNO2.ClH/c1-4-6-7-8-9-10-20-14-15-12-16(19)18(22-11-5-2)17(13-15)21-3;/h5,12-13,20H,2,4,6-11,14H2,1,3H3;1H. The van der Waals surface area contributed by atoms with Gasteiger partial charge in [0, 0.05) is 6.54 Å². The van der Waals surface area contributed by atoms with E-state index in [0.29, 0.717) is 6.61 Å². The molecule has 1 rings (SSSR count). The van der Waals surface area contributed by atoms with E-state index in [1.165, 1.54) is 37.7 Å². The van der Waals surface area contributed by atoms with Crippen LogP contribution in [0.5, 0.6) is 11.5 Å². The zero-order valence-corrected chi connectivity index (χ0v) is 16.6. The first-order chi connectivity index (χ1) is 10.7. The molecular weight excluding hydrogens is 378 g/mol. The quantitative estimate of drug-likeness (QED) is 0.367. The smallest absolute Gasteiger partial charge is 0.175 e. The van der Waals surface area contributed by atoms with Crippen molar-refractivity contribution in [1.82, 2.24) is 5.32 Å². The van der Waals surface area contributed by atoms with Gasteiger partial charge in [0.15, 0.2) is 11.5 Å². The molecule has 0 bridgehead atoms. The number of nitrogens with one attached hydrogen (secondary N) is 1. The summed E-state index contributed by atoms with van der Waals surface area (Å²) in [5.41, 5.74) is 1.18. The molecule has 1 aromatic rings. The number of hydrogen-bond donors (Lipinski definition) is 1. The average molecular weight is 407 g/mol. The van der Waals surface area contributed by atoms with Crippen molar-refractivity contribution >= 4 is 28.3 Å². The van der Waals surface area contributed by atoms with Crippen molar-refractivity contribution in [2.45, 2.75) is 45.6 Å². The molecular formula is C18H29BrClNO2. The summed E-state index contributed by atoms with van der Waals surface area (Å²) < 4.78 is 12.0. The molecule has 0 aliphatic heterocycles. The predicted molar refractivity (Wildman–Crippen MR) is 104 cm³/mol. The predicted octanol–water partition coefficient (Wildman–Crippen LogP) is 5.50. The topological polar surface area (TPSA) is 30.5 Å². The van der Waals surface area contributed by atoms with Crippen molar-refractivity contribution in [2.24, 2.45) is 0 Å². The number of halogens is 2. The highest BCUT2D eigenvalue weighted by Crippen LogP contribution is 2.36. The number of ether oxygens (including phenoxy) is 2. The summed E-state index contributed by atoms with van der Waals surface area (Å²) in [7, 11) is 1.66. The van der Waals surface area contributed by atoms with Gasteiger partial charge in [0.2, 0.25) is 0 Å². The molecule has 0 saturated carbocycles. The van der Waals surface area contributed by atoms with Crippen LogP contribution >= 0.6 is 28.3 Å². The summed E-state index contributed by atoms with van der Waals surface area (Å²) >= 11 is 3.55. The molecule has 0 aromatic heterocycles. The molecule has 0 radical (unpaired) electrons. The molecule has 0 saturated heterocycles. The molecule has 1 aromatic carbocycles. The second-order valence-electron chi connectivity index (χ2n) is 5.30. The van der Waals surface area contributed by atoms with Crippen molar-refractivity contribution in [1.29, 1.82) is 0 Å². The van der Waals surface area contributed by atoms with E-state index in [4.69, 9.17) is 9.47 Å². The Kier molecular flexibility index (Phi) is 13.3. The normalized spacial score (nSPS) is 10.0. The van der Waals surface area contributed by atoms with Crippen molar-refractivity contribution in [2.75, 3.05) is 20.3 Å². The summed E-state index contributed by atoms with van der Waals surface area (Å²) in [6, 6.07) is 4.10. The van der Waals surface area contributed by atoms with Crippen LogP contribution in [0, 0.1) is 0 Å². The monoisotopic (exact) mass is 405 g/mol. The molecule has 3 nitrogen and oxygen atoms in total. The highest BCUT2D eigenvalue weighted by molar-refractivity contribution is 9.10. The highest BCUT2D eigenvalue weighted by atomic mass is 79.9. The molecule has 0 spiro atoms. The molecule has 0 aliphatic rings. The Hall–Kier alpha value is -0.710. The lowest BCUT2D eigenvalue weighted by atomic mass is 10.1. The summed E-state index contributed by atoms with van der Waals surface area (Å²) in [5, 5.41) is 3.49. The van der Waals surface area contributed by atoms with Crippen LogP contribution in [0.15, 0.2) is 29.3 Å². The van der Waals surface area contributed by atoms with Gasteiger partial charge in [0.1, 0.15) is 6.61 Å². The first-order valence-corrected chi connectivity index (χ1v) is 8.83. The molecule has 0 heterocycles. The van der Waals surface area contributed by atoms with E-state index >= 15 is 0 Å². The minimum Gasteiger partial charge on any atom is -0.493 e. The fraction of sp³-hybridized carbons (Fsp3) is 0.556. The van der Waals surface area contributed by atoms with E-state index < -0.39 is 0 Å². The van der Waals surface area contributed by atoms with Crippen molar-refractivity contribution in [3.05, 3.63) is 34.8 Å². The van der Waals surface area contributed by atoms with Crippen molar-refractivity contribution < 1.29 is 9.47 Å². The molecule has 132 valence electrons. The van der Waals surface area contributed by atoms with Crippen molar-refractivity contribution in [3.63, 3.8) is 0 Å². The minimum absolute atomic E-state index is 0. The van der Waals surface area contributed by atoms with E-state index in [1.54, 1.807) is 13.2 Å². The largest absolute Gasteiger partial charge is 0.493 e. The maximum atomic E-state index is 5.63. The summed E-state index contributed by atoms with van der Waals surface area (Å²) in [4.78, 5) is 0. The minimum atomic E-state index is 0. The molecule has 0 unspecified atom stereocenters. The third-order valence-corrected chi connectivity index (χ3v) is 4.01. The van der Waals surface area contributed by atoms with Gasteiger partial charge in [-0.05, 0) is 46.6 Å². The Balaban J connectivity index is 0.00000484. The number of methoxy groups -OCH3 is 1. The van der Waals surface area contributed by atoms with Gasteiger partial charge in [0.25, 0.3) is 0 Å². The van der Waals surface area contributed by atoms with Gasteiger partial charge in [0.05, 0.1) is 11.6 Å². The van der Waals surface area contributed by atoms with Crippen LogP contribution < -0.4 is 14.8 Å². The van der Waals surface area contributed by atoms with Gasteiger partial charge < -0.3 is 14.8 Å². The maximum Gasteiger partial charge on any atom is 0.175 e. The van der Waals surface area contributed by atoms with Crippen LogP contribution in [-0.4, -0.2) is 20.3 Å². The highest BCUT2D eigenvalue weighted by Gasteiger charge is 2.11. The number of hydrogen-bond acceptors (Lipinski definition) is 3. The Morgan fingerprint density at radius 1 is 1.22 bits per heavy atom. The molecule has 0 fully saturated rings. The Morgan fingerprint density at radius 2 is 1.96 bits per heavy atom. The van der Waals surface area contributed by atoms with Crippen LogP contribution in [0.3, 0.4) is 0 Å². The second-order valence-corrected chi connectivity index (χ2v) is 6.15. The molecule has 0 atom stereocenters. The summed E-state index contributed by atoms with van der Waals surface area (Å²) in [6.45, 7) is 8.26. The fourth-order valence-electron chi connectivity index (χ4n) is 2.24. The van der Waals surface area contributed by atoms with E-state index in [2.05, 4.69) is 40.8 Å². The average Bonchev–Trinajstić information content (AvgIpc) is 2.52. The number of benzene rings is 1. The van der Waals surface area contributed by atoms with Gasteiger partial charge >= 0.3 is 0 Å². The van der Waals surface area contributed by atoms with Crippen LogP contribution in [0.25, 0.3) is 0 Å². The molecule has 0 aliphatic carbocycles. The fourth-order valence-corrected chi connectivity index (χ4v) is 2.85. The SMILES string of the molecule is C=CCOc1c(Br)cc(CNCCCCCCC)cc1OC.Cl. The van der Waals surface area contributed by atoms with E-state index in [-0.39, 0.29) is 12.4 Å². The zero-order valence-electron chi connectivity index (χ0n) is 14.2. The molecule has 5 heteroatoms. The number of rotatable bonds is 12. The lowest BCUT2D eigenvalue weighted by molar-refractivity contribution is 0.324. The lowest BCUT2D eigenvalue weighted by Crippen LogP contribution is -2.14. The molecule has 0 amide bonds. The van der Waals surface area contributed by atoms with Gasteiger partial charge in [-0.15, -0.1) is 12.4 Å². The first kappa shape index (κ1) is 22.3. The van der Waals surface area contributed by atoms with E-state index in [9.17, 15) is 0 Å². The second kappa shape index (κ2) is 13.7. The third-order valence-electron chi connectivity index (χ3n) is 3.42. The Labute approximate surface area is 155 Å². The molecule has 23 heavy (non-hydrogen) atoms.